The van der Waals surface area contributed by atoms with E-state index in [1.165, 1.54) is 0 Å². The quantitative estimate of drug-likeness (QED) is 0.0768. The molecule has 10 N–H and O–H groups in total. The molecule has 0 bridgehead atoms. The van der Waals surface area contributed by atoms with Crippen LogP contribution in [-0.4, -0.2) is 62.7 Å². The molecule has 7 aromatic rings. The topological polar surface area (TPSA) is 204 Å². The second-order valence-corrected chi connectivity index (χ2v) is 14.2. The standard InChI is InChI=1S/C42H41ClN8O4/c43-28-15-13-24(14-16-28)17-36(39(45)52)49-41(54)38(20-27-23-48-35-12-6-3-9-31(27)35)51-42(55)37(19-26-22-47-34-11-5-2-8-30(26)34)50-40(53)32(44)18-25-21-46-33-10-4-1-7-29(25)33/h1-16,21-23,32,36-38,46-48H,17-20,44H2,(H2,45,52)(H,49,54)(H,50,53)(H,51,55)/t32-,36+,37-,38+/m1/s1. The SMILES string of the molecule is NC(=O)[C@H](Cc1ccc(Cl)cc1)NC(=O)[C@H](Cc1c[nH]c2ccccc12)NC(=O)[C@@H](Cc1c[nH]c2ccccc12)NC(=O)[C@H](N)Cc1c[nH]c2ccccc12. The first-order valence-electron chi connectivity index (χ1n) is 18.0. The van der Waals surface area contributed by atoms with Crippen LogP contribution in [0, 0.1) is 0 Å². The van der Waals surface area contributed by atoms with Crippen molar-refractivity contribution in [1.29, 1.82) is 0 Å². The Kier molecular flexibility index (Phi) is 11.0. The van der Waals surface area contributed by atoms with Crippen molar-refractivity contribution in [2.24, 2.45) is 11.5 Å². The van der Waals surface area contributed by atoms with Gasteiger partial charge in [-0.2, -0.15) is 0 Å². The number of carbonyl (C=O) groups is 4. The summed E-state index contributed by atoms with van der Waals surface area (Å²) < 4.78 is 0. The molecule has 4 aromatic carbocycles. The third-order valence-electron chi connectivity index (χ3n) is 9.93. The van der Waals surface area contributed by atoms with Gasteiger partial charge in [0.2, 0.25) is 23.6 Å². The molecule has 280 valence electrons. The van der Waals surface area contributed by atoms with Gasteiger partial charge in [0, 0.05) is 75.6 Å². The van der Waals surface area contributed by atoms with Gasteiger partial charge in [0.15, 0.2) is 0 Å². The van der Waals surface area contributed by atoms with Gasteiger partial charge in [-0.15, -0.1) is 0 Å². The number of rotatable bonds is 15. The maximum Gasteiger partial charge on any atom is 0.243 e. The summed E-state index contributed by atoms with van der Waals surface area (Å²) in [6.45, 7) is 0. The van der Waals surface area contributed by atoms with Gasteiger partial charge in [0.25, 0.3) is 0 Å². The minimum Gasteiger partial charge on any atom is -0.368 e. The van der Waals surface area contributed by atoms with E-state index in [0.717, 1.165) is 55.0 Å². The molecule has 0 unspecified atom stereocenters. The minimum absolute atomic E-state index is 0.0713. The van der Waals surface area contributed by atoms with E-state index in [4.69, 9.17) is 23.1 Å². The molecule has 3 heterocycles. The maximum atomic E-state index is 14.4. The fraction of sp³-hybridized carbons (Fsp3) is 0.190. The normalized spacial score (nSPS) is 13.6. The average Bonchev–Trinajstić information content (AvgIpc) is 3.92. The molecule has 13 heteroatoms. The highest BCUT2D eigenvalue weighted by molar-refractivity contribution is 6.30. The molecule has 0 aliphatic heterocycles. The Morgan fingerprint density at radius 3 is 1.38 bits per heavy atom. The Hall–Kier alpha value is -6.37. The molecule has 0 radical (unpaired) electrons. The van der Waals surface area contributed by atoms with E-state index >= 15 is 0 Å². The van der Waals surface area contributed by atoms with Crippen LogP contribution in [0.5, 0.6) is 0 Å². The molecule has 55 heavy (non-hydrogen) atoms. The fourth-order valence-corrected chi connectivity index (χ4v) is 7.12. The molecular formula is C42H41ClN8O4. The number of H-pyrrole nitrogens is 3. The Morgan fingerprint density at radius 2 is 0.927 bits per heavy atom. The van der Waals surface area contributed by atoms with Crippen LogP contribution in [0.1, 0.15) is 22.3 Å². The molecule has 12 nitrogen and oxygen atoms in total. The van der Waals surface area contributed by atoms with E-state index in [1.54, 1.807) is 36.7 Å². The summed E-state index contributed by atoms with van der Waals surface area (Å²) in [5, 5.41) is 11.8. The summed E-state index contributed by atoms with van der Waals surface area (Å²) in [4.78, 5) is 64.6. The predicted molar refractivity (Wildman–Crippen MR) is 214 cm³/mol. The number of primary amides is 1. The highest BCUT2D eigenvalue weighted by Gasteiger charge is 2.32. The number of halogens is 1. The number of hydrogen-bond acceptors (Lipinski definition) is 5. The molecule has 0 aliphatic carbocycles. The number of amides is 4. The number of benzene rings is 4. The molecule has 3 aromatic heterocycles. The zero-order chi connectivity index (χ0) is 38.5. The number of nitrogens with two attached hydrogens (primary N) is 2. The lowest BCUT2D eigenvalue weighted by Crippen LogP contribution is -2.58. The van der Waals surface area contributed by atoms with E-state index in [2.05, 4.69) is 30.9 Å². The van der Waals surface area contributed by atoms with Crippen LogP contribution in [0.4, 0.5) is 0 Å². The monoisotopic (exact) mass is 756 g/mol. The van der Waals surface area contributed by atoms with E-state index in [9.17, 15) is 19.2 Å². The van der Waals surface area contributed by atoms with Crippen LogP contribution >= 0.6 is 11.6 Å². The lowest BCUT2D eigenvalue weighted by Gasteiger charge is -2.25. The first-order valence-corrected chi connectivity index (χ1v) is 18.4. The van der Waals surface area contributed by atoms with Gasteiger partial charge in [-0.1, -0.05) is 78.3 Å². The highest BCUT2D eigenvalue weighted by Crippen LogP contribution is 2.22. The summed E-state index contributed by atoms with van der Waals surface area (Å²) >= 11 is 6.05. The van der Waals surface area contributed by atoms with Gasteiger partial charge in [0.1, 0.15) is 18.1 Å². The van der Waals surface area contributed by atoms with Crippen LogP contribution in [0.15, 0.2) is 116 Å². The van der Waals surface area contributed by atoms with Gasteiger partial charge in [-0.05, 0) is 59.0 Å². The van der Waals surface area contributed by atoms with E-state index < -0.39 is 47.8 Å². The van der Waals surface area contributed by atoms with Crippen LogP contribution < -0.4 is 27.4 Å². The van der Waals surface area contributed by atoms with Crippen LogP contribution in [0.25, 0.3) is 32.7 Å². The van der Waals surface area contributed by atoms with Crippen LogP contribution in [-0.2, 0) is 44.9 Å². The summed E-state index contributed by atoms with van der Waals surface area (Å²) in [6.07, 6.45) is 5.92. The number of hydrogen-bond donors (Lipinski definition) is 8. The van der Waals surface area contributed by atoms with E-state index in [-0.39, 0.29) is 25.7 Å². The third kappa shape index (κ3) is 8.56. The summed E-state index contributed by atoms with van der Waals surface area (Å²) in [5.41, 5.74) is 18.1. The fourth-order valence-electron chi connectivity index (χ4n) is 6.99. The largest absolute Gasteiger partial charge is 0.368 e. The first-order chi connectivity index (χ1) is 26.6. The maximum absolute atomic E-state index is 14.4. The highest BCUT2D eigenvalue weighted by atomic mass is 35.5. The Labute approximate surface area is 321 Å². The number of para-hydroxylation sites is 3. The summed E-state index contributed by atoms with van der Waals surface area (Å²) in [5.74, 6) is -2.50. The molecule has 4 amide bonds. The second kappa shape index (κ2) is 16.3. The molecule has 4 atom stereocenters. The number of carbonyl (C=O) groups excluding carboxylic acids is 4. The van der Waals surface area contributed by atoms with Crippen molar-refractivity contribution in [3.63, 3.8) is 0 Å². The van der Waals surface area contributed by atoms with Gasteiger partial charge in [0.05, 0.1) is 6.04 Å². The van der Waals surface area contributed by atoms with Crippen molar-refractivity contribution in [3.05, 3.63) is 143 Å². The van der Waals surface area contributed by atoms with Gasteiger partial charge in [-0.3, -0.25) is 19.2 Å². The molecule has 0 aliphatic rings. The zero-order valence-electron chi connectivity index (χ0n) is 29.8. The lowest BCUT2D eigenvalue weighted by molar-refractivity contribution is -0.133. The Balaban J connectivity index is 1.16. The summed E-state index contributed by atoms with van der Waals surface area (Å²) in [6, 6.07) is 25.5. The minimum atomic E-state index is -1.17. The number of aromatic amines is 3. The molecular weight excluding hydrogens is 716 g/mol. The van der Waals surface area contributed by atoms with E-state index in [0.29, 0.717) is 5.02 Å². The number of aromatic nitrogens is 3. The van der Waals surface area contributed by atoms with Gasteiger partial charge < -0.3 is 42.4 Å². The van der Waals surface area contributed by atoms with Crippen molar-refractivity contribution < 1.29 is 19.2 Å². The van der Waals surface area contributed by atoms with Crippen molar-refractivity contribution >= 4 is 67.9 Å². The molecule has 0 saturated carbocycles. The first kappa shape index (κ1) is 37.0. The Bertz CT molecular complexity index is 2490. The smallest absolute Gasteiger partial charge is 0.243 e. The average molecular weight is 757 g/mol. The Morgan fingerprint density at radius 1 is 0.527 bits per heavy atom. The van der Waals surface area contributed by atoms with Crippen molar-refractivity contribution in [1.82, 2.24) is 30.9 Å². The molecule has 0 saturated heterocycles. The van der Waals surface area contributed by atoms with E-state index in [1.807, 2.05) is 79.0 Å². The summed E-state index contributed by atoms with van der Waals surface area (Å²) in [7, 11) is 0. The van der Waals surface area contributed by atoms with Gasteiger partial charge >= 0.3 is 0 Å². The second-order valence-electron chi connectivity index (χ2n) is 13.7. The van der Waals surface area contributed by atoms with Crippen molar-refractivity contribution in [2.45, 2.75) is 49.9 Å². The molecule has 0 fully saturated rings. The number of fused-ring (bicyclic) bond motifs is 3. The zero-order valence-corrected chi connectivity index (χ0v) is 30.5. The predicted octanol–water partition coefficient (Wildman–Crippen LogP) is 4.32. The molecule has 7 rings (SSSR count). The third-order valence-corrected chi connectivity index (χ3v) is 10.2. The van der Waals surface area contributed by atoms with Crippen molar-refractivity contribution in [3.8, 4) is 0 Å². The van der Waals surface area contributed by atoms with Crippen LogP contribution in [0.3, 0.4) is 0 Å². The lowest BCUT2D eigenvalue weighted by atomic mass is 10.00. The number of nitrogens with one attached hydrogen (secondary N) is 6. The van der Waals surface area contributed by atoms with Crippen LogP contribution in [0.2, 0.25) is 5.02 Å². The van der Waals surface area contributed by atoms with Crippen molar-refractivity contribution in [2.75, 3.05) is 0 Å². The molecule has 0 spiro atoms. The van der Waals surface area contributed by atoms with Gasteiger partial charge in [-0.25, -0.2) is 0 Å².